The molecule has 0 aromatic carbocycles. The van der Waals surface area contributed by atoms with E-state index in [-0.39, 0.29) is 0 Å². The van der Waals surface area contributed by atoms with Gasteiger partial charge in [-0.1, -0.05) is 26.2 Å². The van der Waals surface area contributed by atoms with Crippen LogP contribution < -0.4 is 5.32 Å². The van der Waals surface area contributed by atoms with E-state index in [1.165, 1.54) is 32.1 Å². The molecule has 2 fully saturated rings. The average molecular weight is 211 g/mol. The fraction of sp³-hybridized carbons (Fsp3) is 1.00. The van der Waals surface area contributed by atoms with Gasteiger partial charge in [0, 0.05) is 5.41 Å². The summed E-state index contributed by atoms with van der Waals surface area (Å²) in [5, 5.41) is 3.36. The Hall–Kier alpha value is -0.0800. The molecule has 0 spiro atoms. The van der Waals surface area contributed by atoms with Crippen molar-refractivity contribution in [3.05, 3.63) is 0 Å². The summed E-state index contributed by atoms with van der Waals surface area (Å²) in [5.74, 6) is 1.77. The average Bonchev–Trinajstić information content (AvgIpc) is 2.68. The second-order valence-corrected chi connectivity index (χ2v) is 5.37. The lowest BCUT2D eigenvalue weighted by atomic mass is 9.63. The molecule has 1 heterocycles. The molecule has 2 aliphatic rings. The lowest BCUT2D eigenvalue weighted by Crippen LogP contribution is -2.55. The molecule has 2 heteroatoms. The molecule has 0 aromatic rings. The van der Waals surface area contributed by atoms with E-state index in [2.05, 4.69) is 19.3 Å². The molecule has 15 heavy (non-hydrogen) atoms. The van der Waals surface area contributed by atoms with Gasteiger partial charge in [0.25, 0.3) is 0 Å². The first kappa shape index (κ1) is 11.4. The summed E-state index contributed by atoms with van der Waals surface area (Å²) in [6.45, 7) is 5.54. The molecule has 0 aromatic heterocycles. The fourth-order valence-electron chi connectivity index (χ4n) is 3.64. The van der Waals surface area contributed by atoms with Crippen molar-refractivity contribution >= 4 is 0 Å². The zero-order chi connectivity index (χ0) is 10.7. The van der Waals surface area contributed by atoms with Crippen LogP contribution >= 0.6 is 0 Å². The van der Waals surface area contributed by atoms with Crippen molar-refractivity contribution in [1.29, 1.82) is 0 Å². The van der Waals surface area contributed by atoms with E-state index in [1.807, 2.05) is 0 Å². The second kappa shape index (κ2) is 4.84. The molecule has 0 amide bonds. The molecule has 0 radical (unpaired) electrons. The Morgan fingerprint density at radius 3 is 2.40 bits per heavy atom. The van der Waals surface area contributed by atoms with E-state index in [0.29, 0.717) is 5.41 Å². The molecular weight excluding hydrogens is 186 g/mol. The maximum absolute atomic E-state index is 5.55. The number of rotatable bonds is 5. The van der Waals surface area contributed by atoms with Crippen molar-refractivity contribution in [1.82, 2.24) is 5.32 Å². The van der Waals surface area contributed by atoms with E-state index in [1.54, 1.807) is 0 Å². The summed E-state index contributed by atoms with van der Waals surface area (Å²) < 4.78 is 5.55. The van der Waals surface area contributed by atoms with Gasteiger partial charge in [-0.25, -0.2) is 0 Å². The van der Waals surface area contributed by atoms with Crippen LogP contribution in [0.5, 0.6) is 0 Å². The van der Waals surface area contributed by atoms with Gasteiger partial charge in [-0.3, -0.25) is 0 Å². The maximum Gasteiger partial charge on any atom is 0.0550 e. The third kappa shape index (κ3) is 1.94. The fourth-order valence-corrected chi connectivity index (χ4v) is 3.64. The van der Waals surface area contributed by atoms with E-state index in [0.717, 1.165) is 31.6 Å². The number of nitrogens with one attached hydrogen (secondary N) is 1. The molecule has 2 nitrogen and oxygen atoms in total. The van der Waals surface area contributed by atoms with Crippen molar-refractivity contribution in [2.45, 2.75) is 39.0 Å². The van der Waals surface area contributed by atoms with Crippen molar-refractivity contribution in [2.24, 2.45) is 17.3 Å². The van der Waals surface area contributed by atoms with Crippen molar-refractivity contribution in [3.63, 3.8) is 0 Å². The Morgan fingerprint density at radius 1 is 1.33 bits per heavy atom. The van der Waals surface area contributed by atoms with E-state index >= 15 is 0 Å². The van der Waals surface area contributed by atoms with Gasteiger partial charge in [0.15, 0.2) is 0 Å². The quantitative estimate of drug-likeness (QED) is 0.754. The first-order chi connectivity index (χ1) is 7.33. The van der Waals surface area contributed by atoms with Gasteiger partial charge in [0.1, 0.15) is 0 Å². The van der Waals surface area contributed by atoms with Crippen LogP contribution in [0.1, 0.15) is 39.0 Å². The first-order valence-corrected chi connectivity index (χ1v) is 6.56. The minimum atomic E-state index is 0.536. The molecular formula is C13H25NO. The molecule has 1 saturated heterocycles. The molecule has 1 aliphatic heterocycles. The SMILES string of the molecule is CCC(CNC)C1(C2CCCC2)COC1. The minimum absolute atomic E-state index is 0.536. The molecule has 0 bridgehead atoms. The van der Waals surface area contributed by atoms with Crippen LogP contribution in [0.25, 0.3) is 0 Å². The Kier molecular flexibility index (Phi) is 3.68. The van der Waals surface area contributed by atoms with Crippen molar-refractivity contribution in [3.8, 4) is 0 Å². The molecule has 1 aliphatic carbocycles. The molecule has 1 N–H and O–H groups in total. The largest absolute Gasteiger partial charge is 0.380 e. The molecule has 1 atom stereocenters. The van der Waals surface area contributed by atoms with E-state index in [9.17, 15) is 0 Å². The van der Waals surface area contributed by atoms with Crippen LogP contribution in [0, 0.1) is 17.3 Å². The third-order valence-electron chi connectivity index (χ3n) is 4.67. The highest BCUT2D eigenvalue weighted by Crippen LogP contribution is 2.50. The molecule has 1 unspecified atom stereocenters. The Morgan fingerprint density at radius 2 is 2.00 bits per heavy atom. The van der Waals surface area contributed by atoms with Gasteiger partial charge in [-0.2, -0.15) is 0 Å². The van der Waals surface area contributed by atoms with Gasteiger partial charge >= 0.3 is 0 Å². The minimum Gasteiger partial charge on any atom is -0.380 e. The summed E-state index contributed by atoms with van der Waals surface area (Å²) in [6.07, 6.45) is 7.08. The van der Waals surface area contributed by atoms with E-state index < -0.39 is 0 Å². The normalized spacial score (nSPS) is 27.6. The lowest BCUT2D eigenvalue weighted by molar-refractivity contribution is -0.177. The topological polar surface area (TPSA) is 21.3 Å². The smallest absolute Gasteiger partial charge is 0.0550 e. The van der Waals surface area contributed by atoms with Gasteiger partial charge in [0.2, 0.25) is 0 Å². The molecule has 88 valence electrons. The third-order valence-corrected chi connectivity index (χ3v) is 4.67. The zero-order valence-electron chi connectivity index (χ0n) is 10.2. The number of ether oxygens (including phenoxy) is 1. The summed E-state index contributed by atoms with van der Waals surface area (Å²) in [5.41, 5.74) is 0.536. The van der Waals surface area contributed by atoms with Gasteiger partial charge in [-0.05, 0) is 38.3 Å². The highest BCUT2D eigenvalue weighted by atomic mass is 16.5. The highest BCUT2D eigenvalue weighted by molar-refractivity contribution is 4.98. The van der Waals surface area contributed by atoms with Crippen molar-refractivity contribution < 1.29 is 4.74 Å². The summed E-state index contributed by atoms with van der Waals surface area (Å²) in [4.78, 5) is 0. The van der Waals surface area contributed by atoms with Crippen LogP contribution in [0.3, 0.4) is 0 Å². The molecule has 1 saturated carbocycles. The first-order valence-electron chi connectivity index (χ1n) is 6.56. The predicted octanol–water partition coefficient (Wildman–Crippen LogP) is 2.44. The highest BCUT2D eigenvalue weighted by Gasteiger charge is 2.50. The Balaban J connectivity index is 2.04. The van der Waals surface area contributed by atoms with Crippen molar-refractivity contribution in [2.75, 3.05) is 26.8 Å². The van der Waals surface area contributed by atoms with Gasteiger partial charge in [0.05, 0.1) is 13.2 Å². The second-order valence-electron chi connectivity index (χ2n) is 5.37. The van der Waals surface area contributed by atoms with Crippen LogP contribution in [0.15, 0.2) is 0 Å². The van der Waals surface area contributed by atoms with Crippen LogP contribution in [-0.2, 0) is 4.74 Å². The predicted molar refractivity (Wildman–Crippen MR) is 62.9 cm³/mol. The Bertz CT molecular complexity index is 195. The Labute approximate surface area is 93.8 Å². The van der Waals surface area contributed by atoms with E-state index in [4.69, 9.17) is 4.74 Å². The molecule has 2 rings (SSSR count). The van der Waals surface area contributed by atoms with Gasteiger partial charge < -0.3 is 10.1 Å². The summed E-state index contributed by atoms with van der Waals surface area (Å²) >= 11 is 0. The zero-order valence-corrected chi connectivity index (χ0v) is 10.2. The monoisotopic (exact) mass is 211 g/mol. The lowest BCUT2D eigenvalue weighted by Gasteiger charge is -2.51. The maximum atomic E-state index is 5.55. The van der Waals surface area contributed by atoms with Crippen LogP contribution in [-0.4, -0.2) is 26.8 Å². The van der Waals surface area contributed by atoms with Crippen LogP contribution in [0.4, 0.5) is 0 Å². The van der Waals surface area contributed by atoms with Gasteiger partial charge in [-0.15, -0.1) is 0 Å². The van der Waals surface area contributed by atoms with Crippen LogP contribution in [0.2, 0.25) is 0 Å². The summed E-state index contributed by atoms with van der Waals surface area (Å²) in [7, 11) is 2.07. The summed E-state index contributed by atoms with van der Waals surface area (Å²) in [6, 6.07) is 0. The standard InChI is InChI=1S/C13H25NO/c1-3-11(8-14-2)13(9-15-10-13)12-6-4-5-7-12/h11-12,14H,3-10H2,1-2H3. The number of hydrogen-bond acceptors (Lipinski definition) is 2. The number of hydrogen-bond donors (Lipinski definition) is 1.